The average molecular weight is 372 g/mol. The van der Waals surface area contributed by atoms with Gasteiger partial charge in [0.1, 0.15) is 5.75 Å². The van der Waals surface area contributed by atoms with Crippen molar-refractivity contribution >= 4 is 33.2 Å². The molecule has 0 spiro atoms. The van der Waals surface area contributed by atoms with Crippen LogP contribution in [0.15, 0.2) is 34.8 Å². The van der Waals surface area contributed by atoms with E-state index in [1.807, 2.05) is 0 Å². The number of rotatable bonds is 4. The van der Waals surface area contributed by atoms with Crippen molar-refractivity contribution in [2.75, 3.05) is 0 Å². The Morgan fingerprint density at radius 1 is 1.43 bits per heavy atom. The molecule has 0 unspecified atom stereocenters. The highest BCUT2D eigenvalue weighted by Gasteiger charge is 2.21. The summed E-state index contributed by atoms with van der Waals surface area (Å²) in [5.74, 6) is 0.596. The number of aryl methyl sites for hydroxylation is 1. The molecule has 0 radical (unpaired) electrons. The van der Waals surface area contributed by atoms with Gasteiger partial charge in [0.2, 0.25) is 5.75 Å². The van der Waals surface area contributed by atoms with Gasteiger partial charge in [-0.1, -0.05) is 33.6 Å². The molecule has 110 valence electrons. The number of benzene rings is 2. The van der Waals surface area contributed by atoms with Gasteiger partial charge in [0, 0.05) is 27.7 Å². The van der Waals surface area contributed by atoms with Crippen LogP contribution in [0.4, 0.5) is 5.69 Å². The molecule has 0 saturated carbocycles. The number of nitrogens with zero attached hydrogens (tertiary/aromatic N) is 1. The molecule has 0 saturated heterocycles. The summed E-state index contributed by atoms with van der Waals surface area (Å²) in [7, 11) is 0. The smallest absolute Gasteiger partial charge is 0.312 e. The Hall–Kier alpha value is -1.63. The number of hydrogen-bond acceptors (Lipinski definition) is 4. The highest BCUT2D eigenvalue weighted by Crippen LogP contribution is 2.39. The summed E-state index contributed by atoms with van der Waals surface area (Å²) in [6.45, 7) is 1.91. The summed E-state index contributed by atoms with van der Waals surface area (Å²) >= 11 is 9.30. The van der Waals surface area contributed by atoms with Gasteiger partial charge in [-0.2, -0.15) is 0 Å². The van der Waals surface area contributed by atoms with Crippen molar-refractivity contribution in [1.29, 1.82) is 0 Å². The van der Waals surface area contributed by atoms with Gasteiger partial charge in [0.15, 0.2) is 0 Å². The van der Waals surface area contributed by atoms with Gasteiger partial charge in [-0.3, -0.25) is 10.1 Å². The third-order valence-electron chi connectivity index (χ3n) is 2.91. The van der Waals surface area contributed by atoms with Crippen LogP contribution in [0, 0.1) is 17.0 Å². The first-order valence-corrected chi connectivity index (χ1v) is 7.21. The Morgan fingerprint density at radius 3 is 2.76 bits per heavy atom. The van der Waals surface area contributed by atoms with E-state index in [1.165, 1.54) is 6.07 Å². The van der Waals surface area contributed by atoms with Crippen LogP contribution >= 0.6 is 27.5 Å². The molecule has 0 heterocycles. The zero-order valence-corrected chi connectivity index (χ0v) is 13.4. The van der Waals surface area contributed by atoms with Crippen LogP contribution < -0.4 is 10.5 Å². The van der Waals surface area contributed by atoms with Gasteiger partial charge >= 0.3 is 5.69 Å². The molecular weight excluding hydrogens is 360 g/mol. The Kier molecular flexibility index (Phi) is 4.82. The topological polar surface area (TPSA) is 78.4 Å². The Balaban J connectivity index is 2.54. The third kappa shape index (κ3) is 3.34. The lowest BCUT2D eigenvalue weighted by atomic mass is 10.1. The second-order valence-corrected chi connectivity index (χ2v) is 5.67. The van der Waals surface area contributed by atoms with Gasteiger partial charge in [-0.25, -0.2) is 0 Å². The number of nitro groups is 1. The fourth-order valence-corrected chi connectivity index (χ4v) is 2.73. The SMILES string of the molecule is Cc1cc(Br)cc([N+](=O)[O-])c1Oc1cccc(Cl)c1CN. The van der Waals surface area contributed by atoms with E-state index in [1.54, 1.807) is 31.2 Å². The van der Waals surface area contributed by atoms with Gasteiger partial charge in [-0.05, 0) is 30.7 Å². The quantitative estimate of drug-likeness (QED) is 0.630. The minimum Gasteiger partial charge on any atom is -0.449 e. The van der Waals surface area contributed by atoms with Crippen molar-refractivity contribution < 1.29 is 9.66 Å². The molecule has 2 aromatic rings. The zero-order valence-electron chi connectivity index (χ0n) is 11.1. The van der Waals surface area contributed by atoms with Crippen LogP contribution in [0.1, 0.15) is 11.1 Å². The molecule has 0 aliphatic carbocycles. The van der Waals surface area contributed by atoms with Crippen LogP contribution in [-0.4, -0.2) is 4.92 Å². The van der Waals surface area contributed by atoms with Crippen LogP contribution in [0.2, 0.25) is 5.02 Å². The van der Waals surface area contributed by atoms with Crippen molar-refractivity contribution in [3.05, 3.63) is 61.1 Å². The van der Waals surface area contributed by atoms with Crippen molar-refractivity contribution in [3.63, 3.8) is 0 Å². The van der Waals surface area contributed by atoms with Crippen LogP contribution in [0.5, 0.6) is 11.5 Å². The molecule has 7 heteroatoms. The van der Waals surface area contributed by atoms with Crippen LogP contribution in [-0.2, 0) is 6.54 Å². The third-order valence-corrected chi connectivity index (χ3v) is 3.72. The van der Waals surface area contributed by atoms with Gasteiger partial charge in [0.05, 0.1) is 4.92 Å². The number of nitrogens with two attached hydrogens (primary N) is 1. The molecule has 2 N–H and O–H groups in total. The molecule has 5 nitrogen and oxygen atoms in total. The molecule has 0 atom stereocenters. The standard InChI is InChI=1S/C14H12BrClN2O3/c1-8-5-9(15)6-12(18(19)20)14(8)21-13-4-2-3-11(16)10(13)7-17/h2-6H,7,17H2,1H3. The van der Waals surface area contributed by atoms with E-state index in [-0.39, 0.29) is 18.0 Å². The van der Waals surface area contributed by atoms with E-state index < -0.39 is 4.92 Å². The maximum Gasteiger partial charge on any atom is 0.312 e. The molecule has 2 aromatic carbocycles. The van der Waals surface area contributed by atoms with Gasteiger partial charge in [0.25, 0.3) is 0 Å². The fraction of sp³-hybridized carbons (Fsp3) is 0.143. The second-order valence-electron chi connectivity index (χ2n) is 4.35. The highest BCUT2D eigenvalue weighted by atomic mass is 79.9. The number of nitro benzene ring substituents is 1. The maximum atomic E-state index is 11.2. The van der Waals surface area contributed by atoms with Crippen LogP contribution in [0.3, 0.4) is 0 Å². The minimum atomic E-state index is -0.486. The lowest BCUT2D eigenvalue weighted by Crippen LogP contribution is -2.02. The maximum absolute atomic E-state index is 11.2. The molecule has 0 aromatic heterocycles. The van der Waals surface area contributed by atoms with E-state index in [0.717, 1.165) is 0 Å². The van der Waals surface area contributed by atoms with Crippen molar-refractivity contribution in [2.45, 2.75) is 13.5 Å². The predicted molar refractivity (Wildman–Crippen MR) is 85.0 cm³/mol. The normalized spacial score (nSPS) is 10.5. The van der Waals surface area contributed by atoms with Gasteiger partial charge in [-0.15, -0.1) is 0 Å². The van der Waals surface area contributed by atoms with E-state index in [4.69, 9.17) is 22.1 Å². The number of hydrogen-bond donors (Lipinski definition) is 1. The average Bonchev–Trinajstić information content (AvgIpc) is 2.41. The molecule has 21 heavy (non-hydrogen) atoms. The first-order valence-electron chi connectivity index (χ1n) is 6.04. The number of halogens is 2. The molecular formula is C14H12BrClN2O3. The Bertz CT molecular complexity index is 707. The molecule has 2 rings (SSSR count). The monoisotopic (exact) mass is 370 g/mol. The highest BCUT2D eigenvalue weighted by molar-refractivity contribution is 9.10. The van der Waals surface area contributed by atoms with Crippen molar-refractivity contribution in [2.24, 2.45) is 5.73 Å². The van der Waals surface area contributed by atoms with Crippen LogP contribution in [0.25, 0.3) is 0 Å². The molecule has 0 aliphatic heterocycles. The first-order chi connectivity index (χ1) is 9.93. The van der Waals surface area contributed by atoms with E-state index in [9.17, 15) is 10.1 Å². The molecule has 0 fully saturated rings. The zero-order chi connectivity index (χ0) is 15.6. The molecule has 0 amide bonds. The minimum absolute atomic E-state index is 0.121. The van der Waals surface area contributed by atoms with Crippen molar-refractivity contribution in [1.82, 2.24) is 0 Å². The summed E-state index contributed by atoms with van der Waals surface area (Å²) in [4.78, 5) is 10.7. The van der Waals surface area contributed by atoms with Gasteiger partial charge < -0.3 is 10.5 Å². The van der Waals surface area contributed by atoms with E-state index in [0.29, 0.717) is 26.4 Å². The largest absolute Gasteiger partial charge is 0.449 e. The van der Waals surface area contributed by atoms with E-state index >= 15 is 0 Å². The van der Waals surface area contributed by atoms with E-state index in [2.05, 4.69) is 15.9 Å². The summed E-state index contributed by atoms with van der Waals surface area (Å²) in [6, 6.07) is 8.22. The van der Waals surface area contributed by atoms with Crippen molar-refractivity contribution in [3.8, 4) is 11.5 Å². The molecule has 0 aliphatic rings. The second kappa shape index (κ2) is 6.43. The summed E-state index contributed by atoms with van der Waals surface area (Å²) < 4.78 is 6.35. The molecule has 0 bridgehead atoms. The Labute approximate surface area is 134 Å². The lowest BCUT2D eigenvalue weighted by Gasteiger charge is -2.13. The Morgan fingerprint density at radius 2 is 2.14 bits per heavy atom. The number of ether oxygens (including phenoxy) is 1. The summed E-state index contributed by atoms with van der Waals surface area (Å²) in [5.41, 5.74) is 6.78. The summed E-state index contributed by atoms with van der Waals surface area (Å²) in [6.07, 6.45) is 0. The predicted octanol–water partition coefficient (Wildman–Crippen LogP) is 4.57. The fourth-order valence-electron chi connectivity index (χ4n) is 1.92. The summed E-state index contributed by atoms with van der Waals surface area (Å²) in [5, 5.41) is 11.7. The lowest BCUT2D eigenvalue weighted by molar-refractivity contribution is -0.385. The first kappa shape index (κ1) is 15.8.